The van der Waals surface area contributed by atoms with Gasteiger partial charge < -0.3 is 5.32 Å². The molecule has 1 aliphatic carbocycles. The molecule has 2 aliphatic heterocycles. The molecule has 2 heterocycles. The Kier molecular flexibility index (Phi) is 4.67. The van der Waals surface area contributed by atoms with Gasteiger partial charge in [-0.25, -0.2) is 22.5 Å². The van der Waals surface area contributed by atoms with Crippen molar-refractivity contribution >= 4 is 22.0 Å². The second-order valence-corrected chi connectivity index (χ2v) is 9.70. The van der Waals surface area contributed by atoms with Crippen molar-refractivity contribution in [2.24, 2.45) is 5.92 Å². The van der Waals surface area contributed by atoms with E-state index in [-0.39, 0.29) is 36.5 Å². The zero-order chi connectivity index (χ0) is 20.1. The van der Waals surface area contributed by atoms with E-state index in [0.717, 1.165) is 18.9 Å². The van der Waals surface area contributed by atoms with Crippen LogP contribution in [0.1, 0.15) is 19.8 Å². The normalized spacial score (nSPS) is 27.3. The molecular weight excluding hydrogens is 387 g/mol. The van der Waals surface area contributed by atoms with Gasteiger partial charge in [-0.1, -0.05) is 6.07 Å². The number of halogens is 1. The topological polar surface area (TPSA) is 90.0 Å². The summed E-state index contributed by atoms with van der Waals surface area (Å²) in [6, 6.07) is 4.55. The highest BCUT2D eigenvalue weighted by atomic mass is 32.2. The third kappa shape index (κ3) is 3.29. The van der Waals surface area contributed by atoms with Crippen molar-refractivity contribution in [3.63, 3.8) is 0 Å². The molecule has 1 atom stereocenters. The number of sulfonamides is 1. The standard InChI is InChI=1S/C18H23FN4O4S/c1-18(13-5-6-13)16(24)23(17(25)20-18)12-21-7-9-22(10-8-21)28(26,27)15-4-2-3-14(19)11-15/h2-4,11,13H,5-10,12H2,1H3,(H,20,25)/t18-/m1/s1. The van der Waals surface area contributed by atoms with Gasteiger partial charge in [0, 0.05) is 26.2 Å². The van der Waals surface area contributed by atoms with E-state index in [1.54, 1.807) is 6.92 Å². The van der Waals surface area contributed by atoms with E-state index in [4.69, 9.17) is 0 Å². The smallest absolute Gasteiger partial charge is 0.323 e. The predicted octanol–water partition coefficient (Wildman–Crippen LogP) is 0.810. The Morgan fingerprint density at radius 1 is 1.18 bits per heavy atom. The number of rotatable bonds is 5. The number of hydrogen-bond acceptors (Lipinski definition) is 5. The molecule has 8 nitrogen and oxygen atoms in total. The second-order valence-electron chi connectivity index (χ2n) is 7.76. The average Bonchev–Trinajstić information content (AvgIpc) is 3.48. The summed E-state index contributed by atoms with van der Waals surface area (Å²) < 4.78 is 40.0. The van der Waals surface area contributed by atoms with Crippen LogP contribution in [0.25, 0.3) is 0 Å². The molecule has 1 saturated carbocycles. The van der Waals surface area contributed by atoms with Gasteiger partial charge in [-0.15, -0.1) is 0 Å². The molecule has 10 heteroatoms. The highest BCUT2D eigenvalue weighted by Crippen LogP contribution is 2.42. The van der Waals surface area contributed by atoms with Crippen molar-refractivity contribution in [2.75, 3.05) is 32.8 Å². The minimum atomic E-state index is -3.77. The van der Waals surface area contributed by atoms with Crippen LogP contribution in [-0.2, 0) is 14.8 Å². The predicted molar refractivity (Wildman–Crippen MR) is 98.1 cm³/mol. The number of benzene rings is 1. The molecule has 152 valence electrons. The van der Waals surface area contributed by atoms with Gasteiger partial charge in [0.15, 0.2) is 0 Å². The summed E-state index contributed by atoms with van der Waals surface area (Å²) in [6.07, 6.45) is 1.87. The van der Waals surface area contributed by atoms with Gasteiger partial charge in [-0.3, -0.25) is 9.69 Å². The van der Waals surface area contributed by atoms with E-state index in [0.29, 0.717) is 13.1 Å². The van der Waals surface area contributed by atoms with Gasteiger partial charge in [-0.2, -0.15) is 4.31 Å². The van der Waals surface area contributed by atoms with Gasteiger partial charge in [-0.05, 0) is 43.9 Å². The first-order valence-electron chi connectivity index (χ1n) is 9.34. The summed E-state index contributed by atoms with van der Waals surface area (Å²) in [6.45, 7) is 3.09. The second kappa shape index (κ2) is 6.78. The Labute approximate surface area is 163 Å². The number of nitrogens with zero attached hydrogens (tertiary/aromatic N) is 3. The van der Waals surface area contributed by atoms with Gasteiger partial charge >= 0.3 is 6.03 Å². The van der Waals surface area contributed by atoms with E-state index >= 15 is 0 Å². The molecule has 2 saturated heterocycles. The van der Waals surface area contributed by atoms with Crippen molar-refractivity contribution in [3.05, 3.63) is 30.1 Å². The van der Waals surface area contributed by atoms with E-state index in [9.17, 15) is 22.4 Å². The molecule has 1 aromatic carbocycles. The van der Waals surface area contributed by atoms with Crippen LogP contribution in [0.2, 0.25) is 0 Å². The molecule has 1 N–H and O–H groups in total. The number of carbonyl (C=O) groups is 2. The molecule has 0 aromatic heterocycles. The number of imide groups is 1. The maximum atomic E-state index is 13.4. The highest BCUT2D eigenvalue weighted by molar-refractivity contribution is 7.89. The van der Waals surface area contributed by atoms with Crippen molar-refractivity contribution in [1.82, 2.24) is 19.4 Å². The summed E-state index contributed by atoms with van der Waals surface area (Å²) in [5, 5.41) is 2.81. The molecule has 1 aromatic rings. The van der Waals surface area contributed by atoms with Gasteiger partial charge in [0.1, 0.15) is 11.4 Å². The van der Waals surface area contributed by atoms with Crippen molar-refractivity contribution in [3.8, 4) is 0 Å². The molecule has 0 spiro atoms. The lowest BCUT2D eigenvalue weighted by Crippen LogP contribution is -2.53. The summed E-state index contributed by atoms with van der Waals surface area (Å²) in [5.74, 6) is -0.617. The fraction of sp³-hybridized carbons (Fsp3) is 0.556. The molecule has 0 unspecified atom stereocenters. The van der Waals surface area contributed by atoms with Crippen LogP contribution in [0.5, 0.6) is 0 Å². The average molecular weight is 410 g/mol. The van der Waals surface area contributed by atoms with Crippen molar-refractivity contribution < 1.29 is 22.4 Å². The lowest BCUT2D eigenvalue weighted by molar-refractivity contribution is -0.133. The first-order valence-corrected chi connectivity index (χ1v) is 10.8. The number of urea groups is 1. The van der Waals surface area contributed by atoms with Crippen LogP contribution in [0.4, 0.5) is 9.18 Å². The van der Waals surface area contributed by atoms with E-state index < -0.39 is 27.4 Å². The number of carbonyl (C=O) groups excluding carboxylic acids is 2. The zero-order valence-electron chi connectivity index (χ0n) is 15.6. The third-order valence-corrected chi connectivity index (χ3v) is 7.70. The molecule has 3 fully saturated rings. The third-order valence-electron chi connectivity index (χ3n) is 5.80. The lowest BCUT2D eigenvalue weighted by Gasteiger charge is -2.35. The first kappa shape index (κ1) is 19.3. The van der Waals surface area contributed by atoms with Crippen LogP contribution in [-0.4, -0.2) is 72.8 Å². The van der Waals surface area contributed by atoms with E-state index in [2.05, 4.69) is 5.32 Å². The maximum absolute atomic E-state index is 13.4. The fourth-order valence-electron chi connectivity index (χ4n) is 3.87. The Hall–Kier alpha value is -2.04. The van der Waals surface area contributed by atoms with E-state index in [1.165, 1.54) is 27.4 Å². The quantitative estimate of drug-likeness (QED) is 0.726. The first-order chi connectivity index (χ1) is 13.2. The summed E-state index contributed by atoms with van der Waals surface area (Å²) in [4.78, 5) is 28.0. The Bertz CT molecular complexity index is 912. The molecule has 3 aliphatic rings. The van der Waals surface area contributed by atoms with Crippen molar-refractivity contribution in [2.45, 2.75) is 30.2 Å². The Morgan fingerprint density at radius 3 is 2.46 bits per heavy atom. The van der Waals surface area contributed by atoms with Crippen LogP contribution >= 0.6 is 0 Å². The zero-order valence-corrected chi connectivity index (χ0v) is 16.4. The molecule has 0 bridgehead atoms. The molecule has 28 heavy (non-hydrogen) atoms. The Morgan fingerprint density at radius 2 is 1.86 bits per heavy atom. The van der Waals surface area contributed by atoms with Crippen LogP contribution in [0.15, 0.2) is 29.2 Å². The number of nitrogens with one attached hydrogen (secondary N) is 1. The monoisotopic (exact) mass is 410 g/mol. The fourth-order valence-corrected chi connectivity index (χ4v) is 5.32. The van der Waals surface area contributed by atoms with Gasteiger partial charge in [0.2, 0.25) is 10.0 Å². The number of amides is 3. The van der Waals surface area contributed by atoms with Gasteiger partial charge in [0.05, 0.1) is 11.6 Å². The molecule has 0 radical (unpaired) electrons. The van der Waals surface area contributed by atoms with Crippen molar-refractivity contribution in [1.29, 1.82) is 0 Å². The largest absolute Gasteiger partial charge is 0.326 e. The highest BCUT2D eigenvalue weighted by Gasteiger charge is 2.56. The summed E-state index contributed by atoms with van der Waals surface area (Å²) in [7, 11) is -3.77. The number of piperazine rings is 1. The maximum Gasteiger partial charge on any atom is 0.326 e. The van der Waals surface area contributed by atoms with E-state index in [1.807, 2.05) is 4.90 Å². The Balaban J connectivity index is 1.38. The minimum Gasteiger partial charge on any atom is -0.323 e. The number of hydrogen-bond donors (Lipinski definition) is 1. The summed E-state index contributed by atoms with van der Waals surface area (Å²) in [5.41, 5.74) is -0.820. The SMILES string of the molecule is C[C@]1(C2CC2)NC(=O)N(CN2CCN(S(=O)(=O)c3cccc(F)c3)CC2)C1=O. The lowest BCUT2D eigenvalue weighted by atomic mass is 9.96. The van der Waals surface area contributed by atoms with Crippen LogP contribution in [0.3, 0.4) is 0 Å². The van der Waals surface area contributed by atoms with Gasteiger partial charge in [0.25, 0.3) is 5.91 Å². The van der Waals surface area contributed by atoms with Crippen LogP contribution < -0.4 is 5.32 Å². The molecule has 3 amide bonds. The molecule has 4 rings (SSSR count). The van der Waals surface area contributed by atoms with Crippen LogP contribution in [0, 0.1) is 11.7 Å². The minimum absolute atomic E-state index is 0.0738. The summed E-state index contributed by atoms with van der Waals surface area (Å²) >= 11 is 0. The molecular formula is C18H23FN4O4S.